The van der Waals surface area contributed by atoms with E-state index in [1.54, 1.807) is 31.2 Å². The quantitative estimate of drug-likeness (QED) is 0.716. The SMILES string of the molecule is Cc1cc2c(c(=O)o1)[C@@H](c1coc3ccccc3c1=O)C(C#N)=C(N)O2. The Morgan fingerprint density at radius 2 is 2.00 bits per heavy atom. The normalized spacial score (nSPS) is 16.1. The number of rotatable bonds is 1. The Bertz CT molecular complexity index is 1240. The molecule has 0 fully saturated rings. The van der Waals surface area contributed by atoms with Crippen molar-refractivity contribution in [1.29, 1.82) is 5.26 Å². The highest BCUT2D eigenvalue weighted by molar-refractivity contribution is 5.77. The van der Waals surface area contributed by atoms with Crippen LogP contribution in [0.5, 0.6) is 5.75 Å². The first-order chi connectivity index (χ1) is 12.5. The van der Waals surface area contributed by atoms with Crippen molar-refractivity contribution in [3.8, 4) is 11.8 Å². The Morgan fingerprint density at radius 1 is 1.23 bits per heavy atom. The Hall–Kier alpha value is -3.79. The second kappa shape index (κ2) is 5.63. The van der Waals surface area contributed by atoms with Crippen LogP contribution >= 0.6 is 0 Å². The molecule has 7 nitrogen and oxygen atoms in total. The average molecular weight is 348 g/mol. The molecule has 1 aliphatic heterocycles. The second-order valence-electron chi connectivity index (χ2n) is 5.86. The largest absolute Gasteiger partial charge is 0.464 e. The predicted octanol–water partition coefficient (Wildman–Crippen LogP) is 2.27. The molecule has 0 saturated heterocycles. The highest BCUT2D eigenvalue weighted by atomic mass is 16.5. The number of nitriles is 1. The maximum absolute atomic E-state index is 13.0. The zero-order valence-corrected chi connectivity index (χ0v) is 13.6. The van der Waals surface area contributed by atoms with Gasteiger partial charge < -0.3 is 19.3 Å². The van der Waals surface area contributed by atoms with E-state index < -0.39 is 11.5 Å². The number of nitrogens with two attached hydrogens (primary N) is 1. The van der Waals surface area contributed by atoms with Gasteiger partial charge in [0, 0.05) is 11.6 Å². The topological polar surface area (TPSA) is 119 Å². The number of allylic oxidation sites excluding steroid dienone is 1. The van der Waals surface area contributed by atoms with Gasteiger partial charge >= 0.3 is 5.63 Å². The molecule has 0 saturated carbocycles. The van der Waals surface area contributed by atoms with E-state index in [4.69, 9.17) is 19.3 Å². The third-order valence-electron chi connectivity index (χ3n) is 4.27. The van der Waals surface area contributed by atoms with Crippen molar-refractivity contribution in [3.05, 3.63) is 85.6 Å². The third kappa shape index (κ3) is 2.20. The summed E-state index contributed by atoms with van der Waals surface area (Å²) in [6, 6.07) is 10.1. The van der Waals surface area contributed by atoms with E-state index in [1.807, 2.05) is 6.07 Å². The number of hydrogen-bond acceptors (Lipinski definition) is 7. The number of fused-ring (bicyclic) bond motifs is 2. The molecule has 0 bridgehead atoms. The summed E-state index contributed by atoms with van der Waals surface area (Å²) in [5.74, 6) is -0.705. The summed E-state index contributed by atoms with van der Waals surface area (Å²) < 4.78 is 16.1. The van der Waals surface area contributed by atoms with Crippen LogP contribution in [-0.2, 0) is 0 Å². The highest BCUT2D eigenvalue weighted by Gasteiger charge is 2.36. The van der Waals surface area contributed by atoms with E-state index in [0.717, 1.165) is 0 Å². The van der Waals surface area contributed by atoms with Gasteiger partial charge in [-0.25, -0.2) is 4.79 Å². The second-order valence-corrected chi connectivity index (χ2v) is 5.86. The number of benzene rings is 1. The van der Waals surface area contributed by atoms with Gasteiger partial charge in [0.1, 0.15) is 28.7 Å². The summed E-state index contributed by atoms with van der Waals surface area (Å²) in [5.41, 5.74) is 5.33. The molecule has 2 N–H and O–H groups in total. The van der Waals surface area contributed by atoms with E-state index in [2.05, 4.69) is 0 Å². The molecule has 0 amide bonds. The lowest BCUT2D eigenvalue weighted by atomic mass is 9.84. The molecule has 4 rings (SSSR count). The van der Waals surface area contributed by atoms with E-state index in [9.17, 15) is 14.9 Å². The minimum Gasteiger partial charge on any atom is -0.464 e. The van der Waals surface area contributed by atoms with Crippen LogP contribution in [0.4, 0.5) is 0 Å². The Labute approximate surface area is 146 Å². The molecule has 1 atom stereocenters. The molecule has 0 unspecified atom stereocenters. The lowest BCUT2D eigenvalue weighted by molar-refractivity contribution is 0.371. The molecule has 2 aromatic heterocycles. The van der Waals surface area contributed by atoms with Gasteiger partial charge in [-0.05, 0) is 19.1 Å². The van der Waals surface area contributed by atoms with E-state index in [-0.39, 0.29) is 33.8 Å². The van der Waals surface area contributed by atoms with Gasteiger partial charge in [-0.1, -0.05) is 12.1 Å². The number of ether oxygens (including phenoxy) is 1. The lowest BCUT2D eigenvalue weighted by Gasteiger charge is -2.24. The first-order valence-electron chi connectivity index (χ1n) is 7.74. The van der Waals surface area contributed by atoms with Gasteiger partial charge in [0.15, 0.2) is 5.43 Å². The van der Waals surface area contributed by atoms with Crippen LogP contribution in [0.3, 0.4) is 0 Å². The van der Waals surface area contributed by atoms with Gasteiger partial charge in [0.2, 0.25) is 5.88 Å². The van der Waals surface area contributed by atoms with Crippen LogP contribution in [0.2, 0.25) is 0 Å². The molecule has 0 spiro atoms. The molecule has 0 aliphatic carbocycles. The third-order valence-corrected chi connectivity index (χ3v) is 4.27. The van der Waals surface area contributed by atoms with Crippen LogP contribution in [0.15, 0.2) is 66.5 Å². The van der Waals surface area contributed by atoms with Gasteiger partial charge in [0.25, 0.3) is 0 Å². The van der Waals surface area contributed by atoms with E-state index in [1.165, 1.54) is 12.3 Å². The zero-order valence-electron chi connectivity index (χ0n) is 13.6. The van der Waals surface area contributed by atoms with E-state index in [0.29, 0.717) is 16.7 Å². The van der Waals surface area contributed by atoms with Crippen LogP contribution in [0.1, 0.15) is 22.8 Å². The first kappa shape index (κ1) is 15.7. The van der Waals surface area contributed by atoms with Crippen molar-refractivity contribution in [1.82, 2.24) is 0 Å². The molecule has 0 radical (unpaired) electrons. The maximum Gasteiger partial charge on any atom is 0.343 e. The Balaban J connectivity index is 2.08. The maximum atomic E-state index is 13.0. The Kier molecular flexibility index (Phi) is 3.41. The first-order valence-corrected chi connectivity index (χ1v) is 7.74. The molecule has 26 heavy (non-hydrogen) atoms. The number of aryl methyl sites for hydroxylation is 1. The highest BCUT2D eigenvalue weighted by Crippen LogP contribution is 2.39. The lowest BCUT2D eigenvalue weighted by Crippen LogP contribution is -2.29. The number of hydrogen-bond donors (Lipinski definition) is 1. The van der Waals surface area contributed by atoms with E-state index >= 15 is 0 Å². The monoisotopic (exact) mass is 348 g/mol. The van der Waals surface area contributed by atoms with Gasteiger partial charge in [-0.15, -0.1) is 0 Å². The van der Waals surface area contributed by atoms with Crippen molar-refractivity contribution in [2.75, 3.05) is 0 Å². The van der Waals surface area contributed by atoms with Crippen molar-refractivity contribution in [2.24, 2.45) is 5.73 Å². The smallest absolute Gasteiger partial charge is 0.343 e. The van der Waals surface area contributed by atoms with Gasteiger partial charge in [-0.3, -0.25) is 4.79 Å². The van der Waals surface area contributed by atoms with Crippen LogP contribution in [0, 0.1) is 18.3 Å². The molecule has 1 aromatic carbocycles. The summed E-state index contributed by atoms with van der Waals surface area (Å²) in [5, 5.41) is 9.87. The molecule has 3 aromatic rings. The minimum absolute atomic E-state index is 0.0452. The number of nitrogens with zero attached hydrogens (tertiary/aromatic N) is 1. The summed E-state index contributed by atoms with van der Waals surface area (Å²) in [7, 11) is 0. The Morgan fingerprint density at radius 3 is 2.77 bits per heavy atom. The summed E-state index contributed by atoms with van der Waals surface area (Å²) >= 11 is 0. The fourth-order valence-electron chi connectivity index (χ4n) is 3.12. The average Bonchev–Trinajstić information content (AvgIpc) is 2.61. The van der Waals surface area contributed by atoms with Crippen LogP contribution < -0.4 is 21.5 Å². The molecular weight excluding hydrogens is 336 g/mol. The molecular formula is C19H12N2O5. The summed E-state index contributed by atoms with van der Waals surface area (Å²) in [4.78, 5) is 25.4. The van der Waals surface area contributed by atoms with Crippen molar-refractivity contribution >= 4 is 11.0 Å². The molecule has 1 aliphatic rings. The van der Waals surface area contributed by atoms with Crippen molar-refractivity contribution < 1.29 is 13.6 Å². The fraction of sp³-hybridized carbons (Fsp3) is 0.105. The molecule has 7 heteroatoms. The predicted molar refractivity (Wildman–Crippen MR) is 91.5 cm³/mol. The minimum atomic E-state index is -1.03. The van der Waals surface area contributed by atoms with Gasteiger partial charge in [0.05, 0.1) is 23.1 Å². The van der Waals surface area contributed by atoms with Crippen molar-refractivity contribution in [3.63, 3.8) is 0 Å². The van der Waals surface area contributed by atoms with Gasteiger partial charge in [-0.2, -0.15) is 5.26 Å². The molecule has 128 valence electrons. The summed E-state index contributed by atoms with van der Waals surface area (Å²) in [6.07, 6.45) is 1.24. The zero-order chi connectivity index (χ0) is 18.4. The van der Waals surface area contributed by atoms with Crippen LogP contribution in [0.25, 0.3) is 11.0 Å². The standard InChI is InChI=1S/C19H12N2O5/c1-9-6-14-16(19(23)25-9)15(11(7-20)18(21)26-14)12-8-24-13-5-3-2-4-10(13)17(12)22/h2-6,8,15H,21H2,1H3/t15-/m1/s1. The van der Waals surface area contributed by atoms with Crippen molar-refractivity contribution in [2.45, 2.75) is 12.8 Å². The van der Waals surface area contributed by atoms with Crippen LogP contribution in [-0.4, -0.2) is 0 Å². The molecule has 3 heterocycles. The number of para-hydroxylation sites is 1. The fourth-order valence-corrected chi connectivity index (χ4v) is 3.12. The summed E-state index contributed by atoms with van der Waals surface area (Å²) in [6.45, 7) is 1.59.